The number of anilines is 1. The van der Waals surface area contributed by atoms with E-state index in [4.69, 9.17) is 15.2 Å². The molecule has 0 radical (unpaired) electrons. The monoisotopic (exact) mass is 347 g/mol. The molecular weight excluding hydrogens is 334 g/mol. The van der Waals surface area contributed by atoms with Crippen LogP contribution in [0.2, 0.25) is 0 Å². The number of aromatic amines is 1. The number of imidazole rings is 1. The van der Waals surface area contributed by atoms with Crippen molar-refractivity contribution in [3.63, 3.8) is 0 Å². The molecule has 0 aliphatic heterocycles. The average molecular weight is 348 g/mol. The summed E-state index contributed by atoms with van der Waals surface area (Å²) in [6.07, 6.45) is 0. The van der Waals surface area contributed by atoms with Gasteiger partial charge in [-0.25, -0.2) is 4.98 Å². The number of methoxy groups -OCH3 is 2. The largest absolute Gasteiger partial charge is 0.493 e. The fraction of sp³-hybridized carbons (Fsp3) is 0.133. The molecule has 5 nitrogen and oxygen atoms in total. The average Bonchev–Trinajstić information content (AvgIpc) is 2.89. The summed E-state index contributed by atoms with van der Waals surface area (Å²) in [6.45, 7) is 0. The van der Waals surface area contributed by atoms with Crippen molar-refractivity contribution in [1.82, 2.24) is 9.97 Å². The second-order valence-corrected chi connectivity index (χ2v) is 5.32. The number of fused-ring (bicyclic) bond motifs is 1. The van der Waals surface area contributed by atoms with Crippen LogP contribution in [0.1, 0.15) is 0 Å². The fourth-order valence-electron chi connectivity index (χ4n) is 2.23. The number of H-pyrrole nitrogens is 1. The molecule has 108 valence electrons. The van der Waals surface area contributed by atoms with Crippen LogP contribution < -0.4 is 15.2 Å². The molecule has 0 spiro atoms. The molecule has 0 saturated heterocycles. The lowest BCUT2D eigenvalue weighted by Crippen LogP contribution is -1.93. The number of nitrogens with zero attached hydrogens (tertiary/aromatic N) is 1. The first kappa shape index (κ1) is 13.8. The number of aromatic nitrogens is 2. The molecule has 21 heavy (non-hydrogen) atoms. The van der Waals surface area contributed by atoms with Crippen LogP contribution >= 0.6 is 15.9 Å². The van der Waals surface area contributed by atoms with Crippen molar-refractivity contribution in [3.8, 4) is 22.9 Å². The molecular formula is C15H14BrN3O2. The van der Waals surface area contributed by atoms with Crippen molar-refractivity contribution in [1.29, 1.82) is 0 Å². The summed E-state index contributed by atoms with van der Waals surface area (Å²) in [4.78, 5) is 7.84. The van der Waals surface area contributed by atoms with E-state index in [2.05, 4.69) is 25.9 Å². The van der Waals surface area contributed by atoms with Crippen molar-refractivity contribution in [3.05, 3.63) is 34.8 Å². The molecule has 3 rings (SSSR count). The summed E-state index contributed by atoms with van der Waals surface area (Å²) in [5.74, 6) is 2.03. The van der Waals surface area contributed by atoms with Gasteiger partial charge in [0.15, 0.2) is 11.5 Å². The van der Waals surface area contributed by atoms with Crippen LogP contribution in [0.4, 0.5) is 5.69 Å². The predicted molar refractivity (Wildman–Crippen MR) is 86.7 cm³/mol. The molecule has 2 aromatic carbocycles. The number of hydrogen-bond donors (Lipinski definition) is 2. The molecule has 0 fully saturated rings. The van der Waals surface area contributed by atoms with E-state index in [-0.39, 0.29) is 0 Å². The molecule has 3 N–H and O–H groups in total. The Kier molecular flexibility index (Phi) is 3.47. The van der Waals surface area contributed by atoms with Crippen LogP contribution in [0.25, 0.3) is 22.4 Å². The Hall–Kier alpha value is -2.21. The second kappa shape index (κ2) is 5.29. The molecule has 1 aromatic heterocycles. The number of nitrogen functional groups attached to an aromatic ring is 1. The summed E-state index contributed by atoms with van der Waals surface area (Å²) in [6, 6.07) is 9.35. The van der Waals surface area contributed by atoms with Gasteiger partial charge in [-0.05, 0) is 46.3 Å². The van der Waals surface area contributed by atoms with E-state index in [0.717, 1.165) is 26.9 Å². The Bertz CT molecular complexity index is 814. The smallest absolute Gasteiger partial charge is 0.175 e. The lowest BCUT2D eigenvalue weighted by atomic mass is 10.2. The van der Waals surface area contributed by atoms with Gasteiger partial charge >= 0.3 is 0 Å². The third-order valence-corrected chi connectivity index (χ3v) is 4.03. The SMILES string of the molecule is COc1ccc(-c2nc3ccc(N)cc3[nH]2)c(Br)c1OC. The molecule has 0 unspecified atom stereocenters. The Morgan fingerprint density at radius 3 is 2.67 bits per heavy atom. The second-order valence-electron chi connectivity index (χ2n) is 4.52. The maximum Gasteiger partial charge on any atom is 0.175 e. The van der Waals surface area contributed by atoms with Gasteiger partial charge in [-0.15, -0.1) is 0 Å². The van der Waals surface area contributed by atoms with Crippen LogP contribution in [0, 0.1) is 0 Å². The summed E-state index contributed by atoms with van der Waals surface area (Å²) in [5, 5.41) is 0. The van der Waals surface area contributed by atoms with Gasteiger partial charge in [0, 0.05) is 11.3 Å². The summed E-state index contributed by atoms with van der Waals surface area (Å²) >= 11 is 3.55. The van der Waals surface area contributed by atoms with E-state index in [1.165, 1.54) is 0 Å². The quantitative estimate of drug-likeness (QED) is 0.710. The van der Waals surface area contributed by atoms with Crippen LogP contribution in [-0.4, -0.2) is 24.2 Å². The molecule has 0 saturated carbocycles. The minimum atomic E-state index is 0.634. The van der Waals surface area contributed by atoms with Gasteiger partial charge in [-0.1, -0.05) is 0 Å². The van der Waals surface area contributed by atoms with Crippen molar-refractivity contribution in [2.45, 2.75) is 0 Å². The Labute approximate surface area is 130 Å². The number of nitrogens with one attached hydrogen (secondary N) is 1. The maximum absolute atomic E-state index is 5.79. The van der Waals surface area contributed by atoms with E-state index >= 15 is 0 Å². The Morgan fingerprint density at radius 1 is 1.14 bits per heavy atom. The van der Waals surface area contributed by atoms with Crippen molar-refractivity contribution >= 4 is 32.7 Å². The number of nitrogens with two attached hydrogens (primary N) is 1. The summed E-state index contributed by atoms with van der Waals surface area (Å²) in [7, 11) is 3.21. The van der Waals surface area contributed by atoms with E-state index in [0.29, 0.717) is 17.2 Å². The molecule has 0 aliphatic rings. The van der Waals surface area contributed by atoms with E-state index in [9.17, 15) is 0 Å². The maximum atomic E-state index is 5.79. The lowest BCUT2D eigenvalue weighted by Gasteiger charge is -2.11. The highest BCUT2D eigenvalue weighted by molar-refractivity contribution is 9.10. The van der Waals surface area contributed by atoms with Crippen LogP contribution in [-0.2, 0) is 0 Å². The molecule has 0 amide bonds. The molecule has 3 aromatic rings. The zero-order valence-electron chi connectivity index (χ0n) is 11.6. The van der Waals surface area contributed by atoms with Crippen molar-refractivity contribution < 1.29 is 9.47 Å². The molecule has 0 atom stereocenters. The molecule has 6 heteroatoms. The summed E-state index contributed by atoms with van der Waals surface area (Å²) in [5.41, 5.74) is 9.14. The first-order valence-corrected chi connectivity index (χ1v) is 7.09. The Balaban J connectivity index is 2.18. The third kappa shape index (κ3) is 2.31. The molecule has 1 heterocycles. The molecule has 0 aliphatic carbocycles. The predicted octanol–water partition coefficient (Wildman–Crippen LogP) is 3.59. The minimum absolute atomic E-state index is 0.634. The standard InChI is InChI=1S/C15H14BrN3O2/c1-20-12-6-4-9(13(16)14(12)21-2)15-18-10-5-3-8(17)7-11(10)19-15/h3-7H,17H2,1-2H3,(H,18,19). The van der Waals surface area contributed by atoms with Crippen LogP contribution in [0.3, 0.4) is 0 Å². The summed E-state index contributed by atoms with van der Waals surface area (Å²) < 4.78 is 11.5. The highest BCUT2D eigenvalue weighted by atomic mass is 79.9. The van der Waals surface area contributed by atoms with Crippen LogP contribution in [0.15, 0.2) is 34.8 Å². The normalized spacial score (nSPS) is 10.8. The van der Waals surface area contributed by atoms with Gasteiger partial charge < -0.3 is 20.2 Å². The van der Waals surface area contributed by atoms with Crippen molar-refractivity contribution in [2.24, 2.45) is 0 Å². The number of hydrogen-bond acceptors (Lipinski definition) is 4. The zero-order chi connectivity index (χ0) is 15.0. The van der Waals surface area contributed by atoms with Gasteiger partial charge in [-0.3, -0.25) is 0 Å². The van der Waals surface area contributed by atoms with E-state index < -0.39 is 0 Å². The van der Waals surface area contributed by atoms with E-state index in [1.54, 1.807) is 14.2 Å². The lowest BCUT2D eigenvalue weighted by molar-refractivity contribution is 0.353. The van der Waals surface area contributed by atoms with Gasteiger partial charge in [0.25, 0.3) is 0 Å². The fourth-order valence-corrected chi connectivity index (χ4v) is 2.90. The topological polar surface area (TPSA) is 73.2 Å². The zero-order valence-corrected chi connectivity index (χ0v) is 13.2. The van der Waals surface area contributed by atoms with E-state index in [1.807, 2.05) is 30.3 Å². The first-order valence-electron chi connectivity index (χ1n) is 6.30. The minimum Gasteiger partial charge on any atom is -0.493 e. The van der Waals surface area contributed by atoms with Gasteiger partial charge in [-0.2, -0.15) is 0 Å². The highest BCUT2D eigenvalue weighted by Crippen LogP contribution is 2.41. The van der Waals surface area contributed by atoms with Gasteiger partial charge in [0.1, 0.15) is 5.82 Å². The van der Waals surface area contributed by atoms with Crippen molar-refractivity contribution in [2.75, 3.05) is 20.0 Å². The van der Waals surface area contributed by atoms with Crippen LogP contribution in [0.5, 0.6) is 11.5 Å². The number of halogens is 1. The first-order chi connectivity index (χ1) is 10.1. The number of benzene rings is 2. The van der Waals surface area contributed by atoms with Gasteiger partial charge in [0.2, 0.25) is 0 Å². The van der Waals surface area contributed by atoms with Gasteiger partial charge in [0.05, 0.1) is 29.7 Å². The Morgan fingerprint density at radius 2 is 1.95 bits per heavy atom. The number of rotatable bonds is 3. The molecule has 0 bridgehead atoms. The highest BCUT2D eigenvalue weighted by Gasteiger charge is 2.16. The number of ether oxygens (including phenoxy) is 2. The third-order valence-electron chi connectivity index (χ3n) is 3.25.